The maximum Gasteiger partial charge on any atom is 0.160 e. The molecular weight excluding hydrogens is 322 g/mol. The lowest BCUT2D eigenvalue weighted by atomic mass is 9.63. The number of hydrogen-bond donors (Lipinski definition) is 3. The summed E-state index contributed by atoms with van der Waals surface area (Å²) < 4.78 is 0. The van der Waals surface area contributed by atoms with Crippen LogP contribution in [0.1, 0.15) is 81.1 Å². The minimum absolute atomic E-state index is 0.108. The van der Waals surface area contributed by atoms with Crippen LogP contribution in [0.4, 0.5) is 0 Å². The molecule has 1 heterocycles. The van der Waals surface area contributed by atoms with Crippen LogP contribution in [0.2, 0.25) is 0 Å². The van der Waals surface area contributed by atoms with Gasteiger partial charge in [-0.25, -0.2) is 0 Å². The van der Waals surface area contributed by atoms with Gasteiger partial charge in [0.1, 0.15) is 0 Å². The Balaban J connectivity index is 1.77. The lowest BCUT2D eigenvalue weighted by Crippen LogP contribution is -2.62. The normalized spacial score (nSPS) is 28.0. The summed E-state index contributed by atoms with van der Waals surface area (Å²) in [5.74, 6) is 0.268. The highest BCUT2D eigenvalue weighted by Crippen LogP contribution is 2.44. The van der Waals surface area contributed by atoms with Crippen molar-refractivity contribution in [2.24, 2.45) is 10.8 Å². The van der Waals surface area contributed by atoms with Crippen LogP contribution in [0, 0.1) is 17.3 Å². The summed E-state index contributed by atoms with van der Waals surface area (Å²) in [5, 5.41) is 10.7. The fraction of sp³-hybridized carbons (Fsp3) is 0.909. The largest absolute Gasteiger partial charge is 0.307 e. The minimum atomic E-state index is 0.108. The van der Waals surface area contributed by atoms with Gasteiger partial charge in [0.05, 0.1) is 13.1 Å². The van der Waals surface area contributed by atoms with Crippen molar-refractivity contribution in [3.63, 3.8) is 0 Å². The van der Waals surface area contributed by atoms with Crippen molar-refractivity contribution in [1.29, 1.82) is 0 Å². The Morgan fingerprint density at radius 2 is 1.19 bits per heavy atom. The smallest absolute Gasteiger partial charge is 0.160 e. The highest BCUT2D eigenvalue weighted by atomic mass is 16.1. The molecule has 26 heavy (non-hydrogen) atoms. The van der Waals surface area contributed by atoms with E-state index >= 15 is 0 Å². The Hall–Kier alpha value is -0.450. The first-order valence-electron chi connectivity index (χ1n) is 10.3. The van der Waals surface area contributed by atoms with Crippen LogP contribution in [0.15, 0.2) is 0 Å². The van der Waals surface area contributed by atoms with Crippen LogP contribution >= 0.6 is 0 Å². The van der Waals surface area contributed by atoms with E-state index in [0.717, 1.165) is 25.7 Å². The fourth-order valence-electron chi connectivity index (χ4n) is 5.71. The van der Waals surface area contributed by atoms with Gasteiger partial charge in [-0.05, 0) is 70.6 Å². The number of Topliss-reactive ketones (excluding diaryl/α,β-unsaturated/α-hetero) is 1. The SMILES string of the molecule is CC1(C)[CH]C(C)(C)CC(NCC(=O)CNC2CC(C)(C)NC(C)(C)C2)C1. The second kappa shape index (κ2) is 7.52. The molecule has 2 rings (SSSR count). The molecule has 2 fully saturated rings. The Morgan fingerprint density at radius 3 is 1.62 bits per heavy atom. The Morgan fingerprint density at radius 1 is 0.808 bits per heavy atom. The quantitative estimate of drug-likeness (QED) is 0.675. The second-order valence-corrected chi connectivity index (χ2v) is 11.5. The Bertz CT molecular complexity index is 432. The molecule has 4 heteroatoms. The van der Waals surface area contributed by atoms with Crippen LogP contribution in [-0.4, -0.2) is 42.0 Å². The first-order chi connectivity index (χ1) is 11.7. The zero-order chi connectivity index (χ0) is 19.8. The van der Waals surface area contributed by atoms with Crippen molar-refractivity contribution in [3.05, 3.63) is 6.42 Å². The molecule has 1 aliphatic carbocycles. The molecule has 2 aliphatic rings. The van der Waals surface area contributed by atoms with Gasteiger partial charge in [-0.1, -0.05) is 27.7 Å². The minimum Gasteiger partial charge on any atom is -0.307 e. The molecule has 1 aliphatic heterocycles. The molecule has 1 saturated heterocycles. The van der Waals surface area contributed by atoms with Gasteiger partial charge >= 0.3 is 0 Å². The van der Waals surface area contributed by atoms with Gasteiger partial charge in [-0.15, -0.1) is 0 Å². The predicted octanol–water partition coefficient (Wildman–Crippen LogP) is 3.46. The lowest BCUT2D eigenvalue weighted by molar-refractivity contribution is -0.118. The number of piperidine rings is 1. The van der Waals surface area contributed by atoms with Crippen LogP contribution < -0.4 is 16.0 Å². The van der Waals surface area contributed by atoms with E-state index in [9.17, 15) is 4.79 Å². The van der Waals surface area contributed by atoms with Crippen molar-refractivity contribution < 1.29 is 4.79 Å². The number of nitrogens with one attached hydrogen (secondary N) is 3. The number of carbonyl (C=O) groups is 1. The highest BCUT2D eigenvalue weighted by molar-refractivity contribution is 5.82. The molecule has 0 atom stereocenters. The zero-order valence-corrected chi connectivity index (χ0v) is 18.4. The first kappa shape index (κ1) is 21.8. The van der Waals surface area contributed by atoms with Crippen molar-refractivity contribution in [1.82, 2.24) is 16.0 Å². The van der Waals surface area contributed by atoms with E-state index in [1.807, 2.05) is 0 Å². The van der Waals surface area contributed by atoms with Gasteiger partial charge in [0, 0.05) is 23.2 Å². The molecule has 0 bridgehead atoms. The molecule has 0 amide bonds. The van der Waals surface area contributed by atoms with E-state index < -0.39 is 0 Å². The maximum absolute atomic E-state index is 12.4. The fourth-order valence-corrected chi connectivity index (χ4v) is 5.71. The molecule has 4 nitrogen and oxygen atoms in total. The summed E-state index contributed by atoms with van der Waals surface area (Å²) in [6.45, 7) is 19.1. The summed E-state index contributed by atoms with van der Waals surface area (Å²) in [6.07, 6.45) is 6.79. The van der Waals surface area contributed by atoms with Gasteiger partial charge in [0.15, 0.2) is 5.78 Å². The Labute approximate surface area is 161 Å². The third-order valence-corrected chi connectivity index (χ3v) is 5.69. The van der Waals surface area contributed by atoms with Crippen molar-refractivity contribution in [2.75, 3.05) is 13.1 Å². The monoisotopic (exact) mass is 364 g/mol. The third kappa shape index (κ3) is 6.94. The predicted molar refractivity (Wildman–Crippen MR) is 110 cm³/mol. The molecule has 0 unspecified atom stereocenters. The molecule has 0 aromatic heterocycles. The van der Waals surface area contributed by atoms with Crippen molar-refractivity contribution in [3.8, 4) is 0 Å². The summed E-state index contributed by atoms with van der Waals surface area (Å²) in [6, 6.07) is 0.818. The molecule has 151 valence electrons. The molecule has 0 spiro atoms. The molecule has 0 aromatic rings. The Kier molecular flexibility index (Phi) is 6.32. The van der Waals surface area contributed by atoms with E-state index in [1.54, 1.807) is 0 Å². The summed E-state index contributed by atoms with van der Waals surface area (Å²) in [5.41, 5.74) is 0.674. The highest BCUT2D eigenvalue weighted by Gasteiger charge is 2.39. The molecule has 1 radical (unpaired) electrons. The zero-order valence-electron chi connectivity index (χ0n) is 18.4. The average Bonchev–Trinajstić information content (AvgIpc) is 2.36. The van der Waals surface area contributed by atoms with Crippen LogP contribution in [0.3, 0.4) is 0 Å². The molecule has 1 saturated carbocycles. The van der Waals surface area contributed by atoms with Gasteiger partial charge in [-0.3, -0.25) is 4.79 Å². The van der Waals surface area contributed by atoms with Gasteiger partial charge in [0.2, 0.25) is 0 Å². The second-order valence-electron chi connectivity index (χ2n) is 11.5. The van der Waals surface area contributed by atoms with Crippen molar-refractivity contribution >= 4 is 5.78 Å². The number of hydrogen-bond acceptors (Lipinski definition) is 4. The average molecular weight is 365 g/mol. The van der Waals surface area contributed by atoms with Crippen molar-refractivity contribution in [2.45, 2.75) is 104 Å². The first-order valence-corrected chi connectivity index (χ1v) is 10.3. The topological polar surface area (TPSA) is 53.2 Å². The van der Waals surface area contributed by atoms with Gasteiger partial charge < -0.3 is 16.0 Å². The standard InChI is InChI=1S/C22H42N3O/c1-19(2)9-16(10-20(3,4)15-19)23-13-18(26)14-24-17-11-21(5,6)25-22(7,8)12-17/h15-17,23-25H,9-14H2,1-8H3. The summed E-state index contributed by atoms with van der Waals surface area (Å²) >= 11 is 0. The number of carbonyl (C=O) groups excluding carboxylic acids is 1. The number of ketones is 1. The van der Waals surface area contributed by atoms with Crippen LogP contribution in [-0.2, 0) is 4.79 Å². The maximum atomic E-state index is 12.4. The van der Waals surface area contributed by atoms with E-state index in [4.69, 9.17) is 0 Å². The molecule has 0 aromatic carbocycles. The van der Waals surface area contributed by atoms with Crippen LogP contribution in [0.5, 0.6) is 0 Å². The molecule has 3 N–H and O–H groups in total. The third-order valence-electron chi connectivity index (χ3n) is 5.69. The van der Waals surface area contributed by atoms with Gasteiger partial charge in [-0.2, -0.15) is 0 Å². The van der Waals surface area contributed by atoms with E-state index in [2.05, 4.69) is 77.8 Å². The summed E-state index contributed by atoms with van der Waals surface area (Å²) in [4.78, 5) is 12.4. The molecular formula is C22H42N3O. The summed E-state index contributed by atoms with van der Waals surface area (Å²) in [7, 11) is 0. The van der Waals surface area contributed by atoms with Gasteiger partial charge in [0.25, 0.3) is 0 Å². The number of rotatable bonds is 6. The van der Waals surface area contributed by atoms with E-state index in [-0.39, 0.29) is 27.7 Å². The van der Waals surface area contributed by atoms with Crippen LogP contribution in [0.25, 0.3) is 0 Å². The van der Waals surface area contributed by atoms with E-state index in [1.165, 1.54) is 0 Å². The lowest BCUT2D eigenvalue weighted by Gasteiger charge is -2.46. The van der Waals surface area contributed by atoms with E-state index in [0.29, 0.717) is 25.2 Å².